The summed E-state index contributed by atoms with van der Waals surface area (Å²) in [5, 5.41) is 16.1. The normalized spacial score (nSPS) is 11.6. The van der Waals surface area contributed by atoms with Crippen LogP contribution < -0.4 is 10.1 Å². The monoisotopic (exact) mass is 406 g/mol. The first-order chi connectivity index (χ1) is 14.3. The molecule has 0 saturated heterocycles. The van der Waals surface area contributed by atoms with E-state index in [0.29, 0.717) is 28.6 Å². The Kier molecular flexibility index (Phi) is 6.02. The number of Topliss-reactive ketones (excluding diaryl/α,β-unsaturated/α-hetero) is 1. The van der Waals surface area contributed by atoms with Crippen LogP contribution in [0.15, 0.2) is 40.9 Å². The lowest BCUT2D eigenvalue weighted by molar-refractivity contribution is -0.122. The topological polar surface area (TPSA) is 110 Å². The Balaban J connectivity index is 1.77. The maximum atomic E-state index is 13.0. The molecule has 0 saturated carbocycles. The highest BCUT2D eigenvalue weighted by molar-refractivity contribution is 6.12. The van der Waals surface area contributed by atoms with E-state index < -0.39 is 17.6 Å². The van der Waals surface area contributed by atoms with Gasteiger partial charge in [0.25, 0.3) is 0 Å². The second-order valence-electron chi connectivity index (χ2n) is 6.91. The SMILES string of the molecule is COc1ccc(CNC(=O)C(C#N)C(=O)c2cc(C)n(-c3cc(C)on3)c2C)cc1. The molecule has 0 spiro atoms. The summed E-state index contributed by atoms with van der Waals surface area (Å²) in [7, 11) is 1.57. The van der Waals surface area contributed by atoms with Crippen LogP contribution in [0.25, 0.3) is 5.82 Å². The molecule has 2 aromatic heterocycles. The first-order valence-corrected chi connectivity index (χ1v) is 9.32. The molecule has 1 atom stereocenters. The minimum absolute atomic E-state index is 0.200. The van der Waals surface area contributed by atoms with Crippen molar-refractivity contribution in [2.45, 2.75) is 27.3 Å². The van der Waals surface area contributed by atoms with Crippen molar-refractivity contribution < 1.29 is 18.8 Å². The second-order valence-corrected chi connectivity index (χ2v) is 6.91. The summed E-state index contributed by atoms with van der Waals surface area (Å²) in [6, 6.07) is 12.4. The van der Waals surface area contributed by atoms with Crippen molar-refractivity contribution in [3.63, 3.8) is 0 Å². The van der Waals surface area contributed by atoms with Crippen LogP contribution in [0.5, 0.6) is 5.75 Å². The molecule has 0 aliphatic rings. The number of nitriles is 1. The van der Waals surface area contributed by atoms with Gasteiger partial charge in [0.05, 0.1) is 13.2 Å². The van der Waals surface area contributed by atoms with Crippen LogP contribution in [0.2, 0.25) is 0 Å². The quantitative estimate of drug-likeness (QED) is 0.477. The van der Waals surface area contributed by atoms with Crippen LogP contribution >= 0.6 is 0 Å². The van der Waals surface area contributed by atoms with Crippen molar-refractivity contribution in [3.8, 4) is 17.6 Å². The molecule has 1 amide bonds. The molecular formula is C22H22N4O4. The van der Waals surface area contributed by atoms with E-state index in [1.54, 1.807) is 61.9 Å². The molecule has 1 unspecified atom stereocenters. The van der Waals surface area contributed by atoms with Gasteiger partial charge in [-0.2, -0.15) is 5.26 Å². The highest BCUT2D eigenvalue weighted by atomic mass is 16.5. The van der Waals surface area contributed by atoms with E-state index in [-0.39, 0.29) is 6.54 Å². The number of ether oxygens (including phenoxy) is 1. The average molecular weight is 406 g/mol. The predicted octanol–water partition coefficient (Wildman–Crippen LogP) is 3.04. The molecule has 8 nitrogen and oxygen atoms in total. The molecule has 3 rings (SSSR count). The zero-order valence-electron chi connectivity index (χ0n) is 17.2. The Bertz CT molecular complexity index is 1120. The standard InChI is InChI=1S/C22H22N4O4/c1-13-9-18(15(3)26(13)20-10-14(2)30-25-20)21(27)19(11-23)22(28)24-12-16-5-7-17(29-4)8-6-16/h5-10,19H,12H2,1-4H3,(H,24,28). The first-order valence-electron chi connectivity index (χ1n) is 9.32. The molecule has 0 fully saturated rings. The van der Waals surface area contributed by atoms with Crippen LogP contribution in [0.1, 0.15) is 33.1 Å². The highest BCUT2D eigenvalue weighted by Gasteiger charge is 2.30. The van der Waals surface area contributed by atoms with Gasteiger partial charge in [-0.1, -0.05) is 17.3 Å². The van der Waals surface area contributed by atoms with Crippen molar-refractivity contribution >= 4 is 11.7 Å². The summed E-state index contributed by atoms with van der Waals surface area (Å²) >= 11 is 0. The lowest BCUT2D eigenvalue weighted by Crippen LogP contribution is -2.34. The number of carbonyl (C=O) groups excluding carboxylic acids is 2. The number of benzene rings is 1. The summed E-state index contributed by atoms with van der Waals surface area (Å²) in [6.45, 7) is 5.54. The van der Waals surface area contributed by atoms with Crippen molar-refractivity contribution in [1.29, 1.82) is 5.26 Å². The fourth-order valence-electron chi connectivity index (χ4n) is 3.25. The molecule has 2 heterocycles. The molecule has 0 bridgehead atoms. The molecule has 3 aromatic rings. The summed E-state index contributed by atoms with van der Waals surface area (Å²) in [5.41, 5.74) is 2.47. The maximum absolute atomic E-state index is 13.0. The second kappa shape index (κ2) is 8.66. The molecular weight excluding hydrogens is 384 g/mol. The van der Waals surface area contributed by atoms with Crippen molar-refractivity contribution in [2.75, 3.05) is 7.11 Å². The third-order valence-corrected chi connectivity index (χ3v) is 4.82. The Labute approximate surface area is 174 Å². The Morgan fingerprint density at radius 3 is 2.50 bits per heavy atom. The summed E-state index contributed by atoms with van der Waals surface area (Å²) in [4.78, 5) is 25.5. The number of amides is 1. The predicted molar refractivity (Wildman–Crippen MR) is 108 cm³/mol. The number of methoxy groups -OCH3 is 1. The largest absolute Gasteiger partial charge is 0.497 e. The number of ketones is 1. The van der Waals surface area contributed by atoms with Gasteiger partial charge in [-0.25, -0.2) is 0 Å². The number of hydrogen-bond donors (Lipinski definition) is 1. The van der Waals surface area contributed by atoms with Crippen LogP contribution in [-0.2, 0) is 11.3 Å². The maximum Gasteiger partial charge on any atom is 0.245 e. The van der Waals surface area contributed by atoms with E-state index in [9.17, 15) is 14.9 Å². The number of aromatic nitrogens is 2. The smallest absolute Gasteiger partial charge is 0.245 e. The van der Waals surface area contributed by atoms with Gasteiger partial charge < -0.3 is 14.6 Å². The molecule has 30 heavy (non-hydrogen) atoms. The number of nitrogens with zero attached hydrogens (tertiary/aromatic N) is 3. The molecule has 1 aromatic carbocycles. The molecule has 0 aliphatic heterocycles. The molecule has 8 heteroatoms. The Morgan fingerprint density at radius 2 is 1.93 bits per heavy atom. The van der Waals surface area contributed by atoms with E-state index in [0.717, 1.165) is 11.3 Å². The third-order valence-electron chi connectivity index (χ3n) is 4.82. The van der Waals surface area contributed by atoms with Gasteiger partial charge in [-0.3, -0.25) is 14.2 Å². The van der Waals surface area contributed by atoms with Crippen LogP contribution in [0, 0.1) is 38.0 Å². The van der Waals surface area contributed by atoms with E-state index in [4.69, 9.17) is 9.26 Å². The van der Waals surface area contributed by atoms with Gasteiger partial charge in [0.2, 0.25) is 5.91 Å². The summed E-state index contributed by atoms with van der Waals surface area (Å²) in [5.74, 6) is -0.758. The van der Waals surface area contributed by atoms with E-state index >= 15 is 0 Å². The summed E-state index contributed by atoms with van der Waals surface area (Å²) < 4.78 is 12.0. The zero-order chi connectivity index (χ0) is 21.8. The van der Waals surface area contributed by atoms with Crippen molar-refractivity contribution in [1.82, 2.24) is 15.0 Å². The molecule has 1 N–H and O–H groups in total. The molecule has 0 aliphatic carbocycles. The lowest BCUT2D eigenvalue weighted by atomic mass is 9.98. The van der Waals surface area contributed by atoms with Crippen molar-refractivity contribution in [3.05, 3.63) is 64.7 Å². The van der Waals surface area contributed by atoms with Gasteiger partial charge in [0.15, 0.2) is 17.5 Å². The lowest BCUT2D eigenvalue weighted by Gasteiger charge is -2.10. The van der Waals surface area contributed by atoms with E-state index in [1.165, 1.54) is 0 Å². The zero-order valence-corrected chi connectivity index (χ0v) is 17.2. The van der Waals surface area contributed by atoms with Gasteiger partial charge in [0, 0.05) is 29.6 Å². The fraction of sp³-hybridized carbons (Fsp3) is 0.273. The number of nitrogens with one attached hydrogen (secondary N) is 1. The van der Waals surface area contributed by atoms with E-state index in [1.807, 2.05) is 13.0 Å². The van der Waals surface area contributed by atoms with Gasteiger partial charge in [-0.05, 0) is 44.5 Å². The molecule has 154 valence electrons. The van der Waals surface area contributed by atoms with Gasteiger partial charge in [-0.15, -0.1) is 0 Å². The highest BCUT2D eigenvalue weighted by Crippen LogP contribution is 2.23. The van der Waals surface area contributed by atoms with Gasteiger partial charge in [0.1, 0.15) is 11.5 Å². The number of aryl methyl sites for hydroxylation is 2. The minimum Gasteiger partial charge on any atom is -0.497 e. The summed E-state index contributed by atoms with van der Waals surface area (Å²) in [6.07, 6.45) is 0. The Morgan fingerprint density at radius 1 is 1.23 bits per heavy atom. The fourth-order valence-corrected chi connectivity index (χ4v) is 3.25. The van der Waals surface area contributed by atoms with Crippen molar-refractivity contribution in [2.24, 2.45) is 5.92 Å². The minimum atomic E-state index is -1.45. The Hall–Kier alpha value is -3.86. The first kappa shape index (κ1) is 20.9. The van der Waals surface area contributed by atoms with Crippen LogP contribution in [0.4, 0.5) is 0 Å². The number of hydrogen-bond acceptors (Lipinski definition) is 6. The van der Waals surface area contributed by atoms with Gasteiger partial charge >= 0.3 is 0 Å². The number of rotatable bonds is 7. The van der Waals surface area contributed by atoms with E-state index in [2.05, 4.69) is 10.5 Å². The average Bonchev–Trinajstić information content (AvgIpc) is 3.29. The number of carbonyl (C=O) groups is 2. The van der Waals surface area contributed by atoms with Crippen LogP contribution in [0.3, 0.4) is 0 Å². The third kappa shape index (κ3) is 4.10. The molecule has 0 radical (unpaired) electrons. The van der Waals surface area contributed by atoms with Crippen LogP contribution in [-0.4, -0.2) is 28.5 Å².